The van der Waals surface area contributed by atoms with Crippen molar-refractivity contribution >= 4 is 34.8 Å². The molecule has 2 N–H and O–H groups in total. The first-order valence-electron chi connectivity index (χ1n) is 6.83. The fourth-order valence-corrected chi connectivity index (χ4v) is 1.93. The highest BCUT2D eigenvalue weighted by Crippen LogP contribution is 2.23. The van der Waals surface area contributed by atoms with Crippen molar-refractivity contribution in [1.29, 1.82) is 0 Å². The molecule has 0 atom stereocenters. The Morgan fingerprint density at radius 3 is 2.25 bits per heavy atom. The van der Waals surface area contributed by atoms with Crippen molar-refractivity contribution < 1.29 is 9.59 Å². The average Bonchev–Trinajstić information content (AvgIpc) is 2.43. The van der Waals surface area contributed by atoms with E-state index >= 15 is 0 Å². The summed E-state index contributed by atoms with van der Waals surface area (Å²) in [6, 6.07) is 5.47. The number of alkyl halides is 1. The predicted molar refractivity (Wildman–Crippen MR) is 83.3 cm³/mol. The number of benzene rings is 1. The van der Waals surface area contributed by atoms with Crippen LogP contribution in [0.1, 0.15) is 38.2 Å². The van der Waals surface area contributed by atoms with Crippen molar-refractivity contribution in [3.63, 3.8) is 0 Å². The lowest BCUT2D eigenvalue weighted by atomic mass is 10.1. The Hall–Kier alpha value is -1.55. The molecular weight excluding hydrogens is 276 g/mol. The van der Waals surface area contributed by atoms with Crippen LogP contribution in [0.5, 0.6) is 0 Å². The fourth-order valence-electron chi connectivity index (χ4n) is 1.74. The number of rotatable bonds is 7. The van der Waals surface area contributed by atoms with Crippen LogP contribution >= 0.6 is 11.6 Å². The number of nitrogens with one attached hydrogen (secondary N) is 2. The smallest absolute Gasteiger partial charge is 0.224 e. The molecule has 1 aromatic rings. The number of carbonyl (C=O) groups is 2. The van der Waals surface area contributed by atoms with Gasteiger partial charge in [0.25, 0.3) is 0 Å². The quantitative estimate of drug-likeness (QED) is 0.595. The molecule has 0 radical (unpaired) electrons. The minimum absolute atomic E-state index is 0.0304. The molecule has 2 amide bonds. The molecule has 0 fully saturated rings. The highest BCUT2D eigenvalue weighted by atomic mass is 35.5. The molecule has 0 unspecified atom stereocenters. The van der Waals surface area contributed by atoms with Crippen LogP contribution in [0.3, 0.4) is 0 Å². The molecule has 0 saturated carbocycles. The maximum Gasteiger partial charge on any atom is 0.224 e. The predicted octanol–water partition coefficient (Wildman–Crippen LogP) is 3.69. The van der Waals surface area contributed by atoms with E-state index in [1.54, 1.807) is 6.92 Å². The molecule has 4 nitrogen and oxygen atoms in total. The van der Waals surface area contributed by atoms with Crippen LogP contribution in [0, 0.1) is 6.92 Å². The molecule has 0 spiro atoms. The average molecular weight is 297 g/mol. The Kier molecular flexibility index (Phi) is 7.09. The third kappa shape index (κ3) is 5.21. The first-order chi connectivity index (χ1) is 9.58. The summed E-state index contributed by atoms with van der Waals surface area (Å²) in [7, 11) is 0. The van der Waals surface area contributed by atoms with Crippen molar-refractivity contribution in [1.82, 2.24) is 0 Å². The Morgan fingerprint density at radius 2 is 1.70 bits per heavy atom. The molecule has 0 aliphatic rings. The van der Waals surface area contributed by atoms with Crippen molar-refractivity contribution in [3.05, 3.63) is 23.8 Å². The first-order valence-corrected chi connectivity index (χ1v) is 7.37. The van der Waals surface area contributed by atoms with Gasteiger partial charge >= 0.3 is 0 Å². The van der Waals surface area contributed by atoms with Gasteiger partial charge in [-0.15, -0.1) is 11.6 Å². The minimum Gasteiger partial charge on any atom is -0.326 e. The van der Waals surface area contributed by atoms with Crippen molar-refractivity contribution in [2.24, 2.45) is 0 Å². The zero-order valence-electron chi connectivity index (χ0n) is 12.0. The highest BCUT2D eigenvalue weighted by molar-refractivity contribution is 6.17. The van der Waals surface area contributed by atoms with E-state index in [0.717, 1.165) is 29.8 Å². The molecule has 5 heteroatoms. The highest BCUT2D eigenvalue weighted by Gasteiger charge is 2.09. The molecule has 0 aromatic heterocycles. The van der Waals surface area contributed by atoms with Gasteiger partial charge in [-0.1, -0.05) is 13.0 Å². The molecule has 110 valence electrons. The fraction of sp³-hybridized carbons (Fsp3) is 0.467. The minimum atomic E-state index is -0.0429. The molecule has 20 heavy (non-hydrogen) atoms. The monoisotopic (exact) mass is 296 g/mol. The van der Waals surface area contributed by atoms with Gasteiger partial charge in [0.1, 0.15) is 0 Å². The topological polar surface area (TPSA) is 58.2 Å². The molecule has 0 aliphatic heterocycles. The SMILES string of the molecule is CCC(=O)Nc1cccc(NC(=O)CCCCCl)c1C. The van der Waals surface area contributed by atoms with Crippen LogP contribution in [0.2, 0.25) is 0 Å². The summed E-state index contributed by atoms with van der Waals surface area (Å²) in [4.78, 5) is 23.2. The maximum absolute atomic E-state index is 11.8. The summed E-state index contributed by atoms with van der Waals surface area (Å²) < 4.78 is 0. The van der Waals surface area contributed by atoms with Crippen LogP contribution in [0.15, 0.2) is 18.2 Å². The van der Waals surface area contributed by atoms with Crippen LogP contribution in [-0.4, -0.2) is 17.7 Å². The summed E-state index contributed by atoms with van der Waals surface area (Å²) in [5, 5.41) is 5.69. The van der Waals surface area contributed by atoms with Crippen molar-refractivity contribution in [2.75, 3.05) is 16.5 Å². The second-order valence-electron chi connectivity index (χ2n) is 4.57. The van der Waals surface area contributed by atoms with Gasteiger partial charge in [-0.05, 0) is 37.5 Å². The zero-order valence-corrected chi connectivity index (χ0v) is 12.7. The Balaban J connectivity index is 2.68. The normalized spacial score (nSPS) is 10.2. The number of halogens is 1. The van der Waals surface area contributed by atoms with Crippen LogP contribution in [-0.2, 0) is 9.59 Å². The number of hydrogen-bond donors (Lipinski definition) is 2. The first kappa shape index (κ1) is 16.5. The number of hydrogen-bond acceptors (Lipinski definition) is 2. The van der Waals surface area contributed by atoms with Gasteiger partial charge in [0.2, 0.25) is 11.8 Å². The van der Waals surface area contributed by atoms with Gasteiger partial charge in [-0.2, -0.15) is 0 Å². The van der Waals surface area contributed by atoms with Gasteiger partial charge in [0.05, 0.1) is 0 Å². The Bertz CT molecular complexity index is 475. The van der Waals surface area contributed by atoms with Crippen LogP contribution in [0.25, 0.3) is 0 Å². The maximum atomic E-state index is 11.8. The van der Waals surface area contributed by atoms with E-state index in [2.05, 4.69) is 10.6 Å². The van der Waals surface area contributed by atoms with Gasteiger partial charge in [-0.3, -0.25) is 9.59 Å². The van der Waals surface area contributed by atoms with E-state index < -0.39 is 0 Å². The summed E-state index contributed by atoms with van der Waals surface area (Å²) >= 11 is 5.58. The van der Waals surface area contributed by atoms with Crippen molar-refractivity contribution in [2.45, 2.75) is 39.5 Å². The van der Waals surface area contributed by atoms with E-state index in [1.807, 2.05) is 25.1 Å². The van der Waals surface area contributed by atoms with Crippen LogP contribution in [0.4, 0.5) is 11.4 Å². The van der Waals surface area contributed by atoms with Gasteiger partial charge in [0, 0.05) is 30.1 Å². The lowest BCUT2D eigenvalue weighted by molar-refractivity contribution is -0.116. The van der Waals surface area contributed by atoms with Gasteiger partial charge in [0.15, 0.2) is 0 Å². The molecule has 0 saturated heterocycles. The third-order valence-corrected chi connectivity index (χ3v) is 3.26. The van der Waals surface area contributed by atoms with Gasteiger partial charge < -0.3 is 10.6 Å². The summed E-state index contributed by atoms with van der Waals surface area (Å²) in [5.74, 6) is 0.501. The number of amides is 2. The molecule has 0 bridgehead atoms. The van der Waals surface area contributed by atoms with E-state index in [9.17, 15) is 9.59 Å². The number of carbonyl (C=O) groups excluding carboxylic acids is 2. The second-order valence-corrected chi connectivity index (χ2v) is 4.95. The molecule has 1 rings (SSSR count). The molecule has 0 heterocycles. The second kappa shape index (κ2) is 8.59. The van der Waals surface area contributed by atoms with E-state index in [1.165, 1.54) is 0 Å². The van der Waals surface area contributed by atoms with E-state index in [4.69, 9.17) is 11.6 Å². The summed E-state index contributed by atoms with van der Waals surface area (Å²) in [6.45, 7) is 3.67. The largest absolute Gasteiger partial charge is 0.326 e. The van der Waals surface area contributed by atoms with Gasteiger partial charge in [-0.25, -0.2) is 0 Å². The number of anilines is 2. The standard InChI is InChI=1S/C15H21ClN2O2/c1-3-14(19)17-12-7-6-8-13(11(12)2)18-15(20)9-4-5-10-16/h6-8H,3-5,9-10H2,1-2H3,(H,17,19)(H,18,20). The van der Waals surface area contributed by atoms with E-state index in [-0.39, 0.29) is 11.8 Å². The molecular formula is C15H21ClN2O2. The lowest BCUT2D eigenvalue weighted by Gasteiger charge is -2.13. The van der Waals surface area contributed by atoms with Crippen molar-refractivity contribution in [3.8, 4) is 0 Å². The third-order valence-electron chi connectivity index (χ3n) is 2.99. The summed E-state index contributed by atoms with van der Waals surface area (Å²) in [6.07, 6.45) is 2.49. The zero-order chi connectivity index (χ0) is 15.0. The van der Waals surface area contributed by atoms with E-state index in [0.29, 0.717) is 18.7 Å². The number of unbranched alkanes of at least 4 members (excludes halogenated alkanes) is 1. The lowest BCUT2D eigenvalue weighted by Crippen LogP contribution is -2.14. The Morgan fingerprint density at radius 1 is 1.10 bits per heavy atom. The van der Waals surface area contributed by atoms with Crippen LogP contribution < -0.4 is 10.6 Å². The Labute approximate surface area is 124 Å². The molecule has 1 aromatic carbocycles. The summed E-state index contributed by atoms with van der Waals surface area (Å²) in [5.41, 5.74) is 2.32. The molecule has 0 aliphatic carbocycles.